The minimum atomic E-state index is -0.339. The Morgan fingerprint density at radius 1 is 1.06 bits per heavy atom. The Kier molecular flexibility index (Phi) is 7.52. The van der Waals surface area contributed by atoms with Crippen LogP contribution < -0.4 is 14.8 Å². The third-order valence-electron chi connectivity index (χ3n) is 5.69. The Morgan fingerprint density at radius 2 is 1.78 bits per heavy atom. The number of aromatic nitrogens is 1. The van der Waals surface area contributed by atoms with Crippen LogP contribution in [-0.4, -0.2) is 12.5 Å². The van der Waals surface area contributed by atoms with E-state index in [1.165, 1.54) is 0 Å². The molecule has 0 fully saturated rings. The number of pyridine rings is 1. The number of carbonyl (C=O) groups excluding carboxylic acids is 1. The first-order valence-corrected chi connectivity index (χ1v) is 11.1. The molecule has 0 saturated carbocycles. The van der Waals surface area contributed by atoms with Gasteiger partial charge >= 0.3 is 0 Å². The quantitative estimate of drug-likeness (QED) is 0.377. The smallest absolute Gasteiger partial charge is 0.265 e. The van der Waals surface area contributed by atoms with Gasteiger partial charge in [-0.25, -0.2) is 0 Å². The number of carbonyl (C=O) groups is 1. The van der Waals surface area contributed by atoms with Crippen LogP contribution in [0.4, 0.5) is 5.69 Å². The summed E-state index contributed by atoms with van der Waals surface area (Å²) in [5.41, 5.74) is 4.94. The molecular weight excluding hydrogens is 400 g/mol. The normalized spacial score (nSPS) is 10.9. The van der Waals surface area contributed by atoms with Gasteiger partial charge in [0, 0.05) is 18.7 Å². The molecule has 3 rings (SSSR count). The van der Waals surface area contributed by atoms with Crippen LogP contribution >= 0.6 is 0 Å². The van der Waals surface area contributed by atoms with Gasteiger partial charge in [0.25, 0.3) is 5.91 Å². The van der Waals surface area contributed by atoms with Crippen molar-refractivity contribution in [1.29, 1.82) is 0 Å². The molecule has 0 saturated heterocycles. The zero-order chi connectivity index (χ0) is 23.3. The van der Waals surface area contributed by atoms with E-state index >= 15 is 0 Å². The predicted molar refractivity (Wildman–Crippen MR) is 128 cm³/mol. The Labute approximate surface area is 190 Å². The lowest BCUT2D eigenvalue weighted by Gasteiger charge is -2.18. The molecule has 1 aromatic heterocycles. The third-order valence-corrected chi connectivity index (χ3v) is 5.69. The van der Waals surface area contributed by atoms with Crippen LogP contribution in [0.1, 0.15) is 58.7 Å². The van der Waals surface area contributed by atoms with Crippen molar-refractivity contribution in [1.82, 2.24) is 0 Å². The molecule has 3 aromatic rings. The Balaban J connectivity index is 2.07. The van der Waals surface area contributed by atoms with E-state index in [9.17, 15) is 10.0 Å². The van der Waals surface area contributed by atoms with Crippen LogP contribution in [0.5, 0.6) is 5.75 Å². The first-order chi connectivity index (χ1) is 15.3. The highest BCUT2D eigenvalue weighted by Gasteiger charge is 2.28. The SMILES string of the molecule is Cc1cccc(NC(=O)c2c(OCCC(C)C)cc(C)[n+]([O-])c2Cc2ccccc2)c1C. The summed E-state index contributed by atoms with van der Waals surface area (Å²) in [5.74, 6) is 0.582. The number of hydrogen-bond acceptors (Lipinski definition) is 3. The molecule has 32 heavy (non-hydrogen) atoms. The summed E-state index contributed by atoms with van der Waals surface area (Å²) in [7, 11) is 0. The lowest BCUT2D eigenvalue weighted by molar-refractivity contribution is -0.620. The fourth-order valence-corrected chi connectivity index (χ4v) is 3.56. The summed E-state index contributed by atoms with van der Waals surface area (Å²) < 4.78 is 6.91. The van der Waals surface area contributed by atoms with Crippen molar-refractivity contribution in [3.63, 3.8) is 0 Å². The van der Waals surface area contributed by atoms with E-state index in [1.54, 1.807) is 13.0 Å². The molecule has 1 amide bonds. The highest BCUT2D eigenvalue weighted by molar-refractivity contribution is 6.07. The maximum atomic E-state index is 13.5. The summed E-state index contributed by atoms with van der Waals surface area (Å²) in [5, 5.41) is 16.1. The van der Waals surface area contributed by atoms with Crippen molar-refractivity contribution in [2.75, 3.05) is 11.9 Å². The van der Waals surface area contributed by atoms with Gasteiger partial charge < -0.3 is 15.3 Å². The molecule has 2 aromatic carbocycles. The second-order valence-electron chi connectivity index (χ2n) is 8.66. The summed E-state index contributed by atoms with van der Waals surface area (Å²) >= 11 is 0. The molecule has 5 heteroatoms. The second-order valence-corrected chi connectivity index (χ2v) is 8.66. The molecule has 0 aliphatic carbocycles. The maximum absolute atomic E-state index is 13.5. The van der Waals surface area contributed by atoms with Crippen molar-refractivity contribution < 1.29 is 14.3 Å². The zero-order valence-corrected chi connectivity index (χ0v) is 19.6. The number of hydrogen-bond donors (Lipinski definition) is 1. The summed E-state index contributed by atoms with van der Waals surface area (Å²) in [4.78, 5) is 13.5. The fraction of sp³-hybridized carbons (Fsp3) is 0.333. The van der Waals surface area contributed by atoms with Gasteiger partial charge in [-0.15, -0.1) is 0 Å². The fourth-order valence-electron chi connectivity index (χ4n) is 3.56. The van der Waals surface area contributed by atoms with Crippen LogP contribution in [0.2, 0.25) is 0 Å². The van der Waals surface area contributed by atoms with E-state index in [4.69, 9.17) is 4.74 Å². The highest BCUT2D eigenvalue weighted by atomic mass is 16.5. The second kappa shape index (κ2) is 10.3. The Bertz CT molecular complexity index is 1090. The van der Waals surface area contributed by atoms with Crippen molar-refractivity contribution in [3.8, 4) is 5.75 Å². The van der Waals surface area contributed by atoms with E-state index in [2.05, 4.69) is 19.2 Å². The number of aryl methyl sites for hydroxylation is 2. The monoisotopic (exact) mass is 432 g/mol. The van der Waals surface area contributed by atoms with Gasteiger partial charge in [0.2, 0.25) is 5.69 Å². The van der Waals surface area contributed by atoms with Crippen LogP contribution in [0, 0.1) is 31.9 Å². The van der Waals surface area contributed by atoms with E-state index < -0.39 is 0 Å². The summed E-state index contributed by atoms with van der Waals surface area (Å²) in [6.07, 6.45) is 1.19. The molecule has 0 unspecified atom stereocenters. The largest absolute Gasteiger partial charge is 0.618 e. The third kappa shape index (κ3) is 5.47. The minimum Gasteiger partial charge on any atom is -0.618 e. The van der Waals surface area contributed by atoms with Crippen molar-refractivity contribution in [2.45, 2.75) is 47.5 Å². The van der Waals surface area contributed by atoms with Crippen LogP contribution in [0.15, 0.2) is 54.6 Å². The number of ether oxygens (including phenoxy) is 1. The van der Waals surface area contributed by atoms with Gasteiger partial charge in [-0.1, -0.05) is 56.3 Å². The maximum Gasteiger partial charge on any atom is 0.265 e. The van der Waals surface area contributed by atoms with Gasteiger partial charge in [-0.05, 0) is 48.9 Å². The number of benzene rings is 2. The summed E-state index contributed by atoms with van der Waals surface area (Å²) in [6.45, 7) is 10.4. The van der Waals surface area contributed by atoms with Crippen LogP contribution in [0.25, 0.3) is 0 Å². The molecule has 0 atom stereocenters. The number of nitrogens with zero attached hydrogens (tertiary/aromatic N) is 1. The molecule has 1 heterocycles. The van der Waals surface area contributed by atoms with Crippen molar-refractivity contribution in [2.24, 2.45) is 5.92 Å². The number of anilines is 1. The molecule has 5 nitrogen and oxygen atoms in total. The molecule has 0 spiro atoms. The van der Waals surface area contributed by atoms with Gasteiger partial charge in [-0.2, -0.15) is 4.73 Å². The number of nitrogens with one attached hydrogen (secondary N) is 1. The minimum absolute atomic E-state index is 0.291. The summed E-state index contributed by atoms with van der Waals surface area (Å²) in [6, 6.07) is 17.1. The molecule has 0 aliphatic rings. The average Bonchev–Trinajstić information content (AvgIpc) is 2.75. The lowest BCUT2D eigenvalue weighted by atomic mass is 10.0. The average molecular weight is 433 g/mol. The number of rotatable bonds is 8. The highest BCUT2D eigenvalue weighted by Crippen LogP contribution is 2.27. The molecular formula is C27H32N2O3. The van der Waals surface area contributed by atoms with Crippen molar-refractivity contribution in [3.05, 3.63) is 93.4 Å². The van der Waals surface area contributed by atoms with E-state index in [0.29, 0.717) is 41.6 Å². The van der Waals surface area contributed by atoms with E-state index in [0.717, 1.165) is 33.5 Å². The lowest BCUT2D eigenvalue weighted by Crippen LogP contribution is -2.39. The van der Waals surface area contributed by atoms with Crippen LogP contribution in [0.3, 0.4) is 0 Å². The van der Waals surface area contributed by atoms with Gasteiger partial charge in [0.05, 0.1) is 13.0 Å². The zero-order valence-electron chi connectivity index (χ0n) is 19.6. The Hall–Kier alpha value is -3.34. The van der Waals surface area contributed by atoms with Crippen molar-refractivity contribution >= 4 is 11.6 Å². The molecule has 0 bridgehead atoms. The first kappa shape index (κ1) is 23.3. The van der Waals surface area contributed by atoms with E-state index in [1.807, 2.05) is 62.4 Å². The van der Waals surface area contributed by atoms with Crippen LogP contribution in [-0.2, 0) is 6.42 Å². The topological polar surface area (TPSA) is 65.3 Å². The molecule has 0 radical (unpaired) electrons. The Morgan fingerprint density at radius 3 is 2.47 bits per heavy atom. The standard InChI is InChI=1S/C27H32N2O3/c1-18(2)14-15-32-25-16-20(4)29(31)24(17-22-11-7-6-8-12-22)26(25)27(30)28-23-13-9-10-19(3)21(23)5/h6-13,16,18H,14-15,17H2,1-5H3,(H,28,30). The predicted octanol–water partition coefficient (Wildman–Crippen LogP) is 5.51. The molecule has 168 valence electrons. The molecule has 1 N–H and O–H groups in total. The van der Waals surface area contributed by atoms with E-state index in [-0.39, 0.29) is 5.91 Å². The van der Waals surface area contributed by atoms with Gasteiger partial charge in [0.15, 0.2) is 11.3 Å². The van der Waals surface area contributed by atoms with Gasteiger partial charge in [-0.3, -0.25) is 4.79 Å². The molecule has 0 aliphatic heterocycles. The first-order valence-electron chi connectivity index (χ1n) is 11.1. The van der Waals surface area contributed by atoms with Gasteiger partial charge in [0.1, 0.15) is 5.75 Å². The number of amides is 1.